The molecule has 0 aromatic carbocycles. The molecule has 1 saturated heterocycles. The Balaban J connectivity index is 1.96. The van der Waals surface area contributed by atoms with Crippen molar-refractivity contribution in [3.05, 3.63) is 18.1 Å². The molecule has 0 unspecified atom stereocenters. The number of hydrogen-bond donors (Lipinski definition) is 0. The van der Waals surface area contributed by atoms with Crippen molar-refractivity contribution in [2.24, 2.45) is 0 Å². The maximum atomic E-state index is 5.77. The highest BCUT2D eigenvalue weighted by Crippen LogP contribution is 2.15. The number of rotatable bonds is 3. The molecule has 1 fully saturated rings. The smallest absolute Gasteiger partial charge is 0.216 e. The van der Waals surface area contributed by atoms with Crippen LogP contribution in [0.1, 0.15) is 25.5 Å². The van der Waals surface area contributed by atoms with E-state index in [-0.39, 0.29) is 6.10 Å². The lowest BCUT2D eigenvalue weighted by Gasteiger charge is -2.22. The molecule has 82 valence electrons. The van der Waals surface area contributed by atoms with Gasteiger partial charge in [-0.2, -0.15) is 0 Å². The van der Waals surface area contributed by atoms with Gasteiger partial charge in [0, 0.05) is 24.6 Å². The first-order valence-corrected chi connectivity index (χ1v) is 5.44. The van der Waals surface area contributed by atoms with Crippen LogP contribution in [0.3, 0.4) is 0 Å². The van der Waals surface area contributed by atoms with Gasteiger partial charge < -0.3 is 9.47 Å². The predicted octanol–water partition coefficient (Wildman–Crippen LogP) is 1.60. The van der Waals surface area contributed by atoms with E-state index in [0.717, 1.165) is 38.2 Å². The van der Waals surface area contributed by atoms with Gasteiger partial charge in [-0.05, 0) is 6.42 Å². The van der Waals surface area contributed by atoms with Gasteiger partial charge in [-0.3, -0.25) is 0 Å². The van der Waals surface area contributed by atoms with Crippen molar-refractivity contribution in [2.45, 2.75) is 32.3 Å². The average Bonchev–Trinajstić information content (AvgIpc) is 2.31. The Kier molecular flexibility index (Phi) is 3.50. The molecule has 1 aromatic rings. The summed E-state index contributed by atoms with van der Waals surface area (Å²) in [6.45, 7) is 3.65. The zero-order valence-corrected chi connectivity index (χ0v) is 8.98. The summed E-state index contributed by atoms with van der Waals surface area (Å²) in [5.74, 6) is 0.689. The molecular weight excluding hydrogens is 192 g/mol. The van der Waals surface area contributed by atoms with Gasteiger partial charge in [0.1, 0.15) is 12.4 Å². The van der Waals surface area contributed by atoms with E-state index in [2.05, 4.69) is 16.9 Å². The van der Waals surface area contributed by atoms with E-state index in [9.17, 15) is 0 Å². The fraction of sp³-hybridized carbons (Fsp3) is 0.636. The maximum absolute atomic E-state index is 5.77. The highest BCUT2D eigenvalue weighted by molar-refractivity contribution is 5.13. The molecular formula is C11H16N2O2. The predicted molar refractivity (Wildman–Crippen MR) is 55.9 cm³/mol. The molecule has 2 rings (SSSR count). The molecule has 0 atom stereocenters. The second-order valence-corrected chi connectivity index (χ2v) is 3.63. The summed E-state index contributed by atoms with van der Waals surface area (Å²) in [5, 5.41) is 0. The third kappa shape index (κ3) is 2.89. The van der Waals surface area contributed by atoms with Crippen LogP contribution >= 0.6 is 0 Å². The average molecular weight is 208 g/mol. The Hall–Kier alpha value is -1.16. The van der Waals surface area contributed by atoms with E-state index in [4.69, 9.17) is 9.47 Å². The van der Waals surface area contributed by atoms with Gasteiger partial charge in [-0.15, -0.1) is 0 Å². The molecule has 1 aliphatic rings. The zero-order chi connectivity index (χ0) is 10.5. The molecule has 0 saturated carbocycles. The van der Waals surface area contributed by atoms with Crippen LogP contribution in [0.25, 0.3) is 0 Å². The van der Waals surface area contributed by atoms with Crippen LogP contribution in [0.4, 0.5) is 0 Å². The Morgan fingerprint density at radius 1 is 1.40 bits per heavy atom. The molecule has 4 nitrogen and oxygen atoms in total. The van der Waals surface area contributed by atoms with Crippen LogP contribution in [0.5, 0.6) is 5.88 Å². The SMILES string of the molecule is CCc1cc(OC2CCOCC2)ncn1. The molecule has 2 heterocycles. The lowest BCUT2D eigenvalue weighted by Crippen LogP contribution is -2.26. The summed E-state index contributed by atoms with van der Waals surface area (Å²) >= 11 is 0. The lowest BCUT2D eigenvalue weighted by molar-refractivity contribution is 0.0236. The van der Waals surface area contributed by atoms with Crippen LogP contribution in [0.2, 0.25) is 0 Å². The quantitative estimate of drug-likeness (QED) is 0.756. The molecule has 0 spiro atoms. The number of hydrogen-bond acceptors (Lipinski definition) is 4. The maximum Gasteiger partial charge on any atom is 0.216 e. The zero-order valence-electron chi connectivity index (χ0n) is 8.98. The van der Waals surface area contributed by atoms with Crippen molar-refractivity contribution in [3.8, 4) is 5.88 Å². The number of nitrogens with zero attached hydrogens (tertiary/aromatic N) is 2. The minimum Gasteiger partial charge on any atom is -0.474 e. The van der Waals surface area contributed by atoms with E-state index in [1.54, 1.807) is 6.33 Å². The lowest BCUT2D eigenvalue weighted by atomic mass is 10.1. The monoisotopic (exact) mass is 208 g/mol. The minimum absolute atomic E-state index is 0.248. The summed E-state index contributed by atoms with van der Waals surface area (Å²) in [5.41, 5.74) is 1.02. The second-order valence-electron chi connectivity index (χ2n) is 3.63. The summed E-state index contributed by atoms with van der Waals surface area (Å²) in [6, 6.07) is 1.91. The highest BCUT2D eigenvalue weighted by atomic mass is 16.5. The first-order valence-electron chi connectivity index (χ1n) is 5.44. The molecule has 0 aliphatic carbocycles. The van der Waals surface area contributed by atoms with E-state index in [1.807, 2.05) is 6.07 Å². The van der Waals surface area contributed by atoms with Gasteiger partial charge in [0.25, 0.3) is 0 Å². The standard InChI is InChI=1S/C11H16N2O2/c1-2-9-7-11(13-8-12-9)15-10-3-5-14-6-4-10/h7-8,10H,2-6H2,1H3. The summed E-state index contributed by atoms with van der Waals surface area (Å²) < 4.78 is 11.0. The molecule has 0 amide bonds. The Morgan fingerprint density at radius 2 is 2.20 bits per heavy atom. The Labute approximate surface area is 89.6 Å². The van der Waals surface area contributed by atoms with Crippen LogP contribution < -0.4 is 4.74 Å². The Bertz CT molecular complexity index is 311. The van der Waals surface area contributed by atoms with E-state index in [0.29, 0.717) is 5.88 Å². The van der Waals surface area contributed by atoms with Crippen LogP contribution in [0, 0.1) is 0 Å². The van der Waals surface area contributed by atoms with E-state index in [1.165, 1.54) is 0 Å². The summed E-state index contributed by atoms with van der Waals surface area (Å²) in [6.07, 6.45) is 4.62. The van der Waals surface area contributed by atoms with Gasteiger partial charge >= 0.3 is 0 Å². The van der Waals surface area contributed by atoms with Crippen LogP contribution in [0.15, 0.2) is 12.4 Å². The van der Waals surface area contributed by atoms with Gasteiger partial charge in [-0.1, -0.05) is 6.92 Å². The van der Waals surface area contributed by atoms with Crippen molar-refractivity contribution < 1.29 is 9.47 Å². The topological polar surface area (TPSA) is 44.2 Å². The van der Waals surface area contributed by atoms with Crippen molar-refractivity contribution in [2.75, 3.05) is 13.2 Å². The third-order valence-corrected chi connectivity index (χ3v) is 2.52. The normalized spacial score (nSPS) is 17.7. The summed E-state index contributed by atoms with van der Waals surface area (Å²) in [4.78, 5) is 8.24. The first-order chi connectivity index (χ1) is 7.38. The number of ether oxygens (including phenoxy) is 2. The van der Waals surface area contributed by atoms with Crippen molar-refractivity contribution in [1.29, 1.82) is 0 Å². The molecule has 15 heavy (non-hydrogen) atoms. The van der Waals surface area contributed by atoms with E-state index >= 15 is 0 Å². The van der Waals surface area contributed by atoms with E-state index < -0.39 is 0 Å². The number of aryl methyl sites for hydroxylation is 1. The van der Waals surface area contributed by atoms with Crippen molar-refractivity contribution >= 4 is 0 Å². The largest absolute Gasteiger partial charge is 0.474 e. The summed E-state index contributed by atoms with van der Waals surface area (Å²) in [7, 11) is 0. The van der Waals surface area contributed by atoms with Crippen molar-refractivity contribution in [1.82, 2.24) is 9.97 Å². The van der Waals surface area contributed by atoms with Gasteiger partial charge in [-0.25, -0.2) is 9.97 Å². The third-order valence-electron chi connectivity index (χ3n) is 2.52. The fourth-order valence-electron chi connectivity index (χ4n) is 1.60. The number of aromatic nitrogens is 2. The highest BCUT2D eigenvalue weighted by Gasteiger charge is 2.15. The second kappa shape index (κ2) is 5.07. The van der Waals surface area contributed by atoms with Gasteiger partial charge in [0.2, 0.25) is 5.88 Å². The Morgan fingerprint density at radius 3 is 2.93 bits per heavy atom. The molecule has 0 N–H and O–H groups in total. The van der Waals surface area contributed by atoms with Crippen molar-refractivity contribution in [3.63, 3.8) is 0 Å². The van der Waals surface area contributed by atoms with Gasteiger partial charge in [0.15, 0.2) is 0 Å². The molecule has 0 radical (unpaired) electrons. The van der Waals surface area contributed by atoms with Crippen LogP contribution in [-0.4, -0.2) is 29.3 Å². The molecule has 1 aliphatic heterocycles. The first kappa shape index (κ1) is 10.4. The molecule has 1 aromatic heterocycles. The fourth-order valence-corrected chi connectivity index (χ4v) is 1.60. The molecule has 0 bridgehead atoms. The molecule has 4 heteroatoms. The van der Waals surface area contributed by atoms with Crippen LogP contribution in [-0.2, 0) is 11.2 Å². The minimum atomic E-state index is 0.248. The van der Waals surface area contributed by atoms with Gasteiger partial charge in [0.05, 0.1) is 13.2 Å².